The van der Waals surface area contributed by atoms with Crippen molar-refractivity contribution in [2.75, 3.05) is 12.0 Å². The molecule has 2 unspecified atom stereocenters. The first-order valence-electron chi connectivity index (χ1n) is 6.23. The molecule has 0 aliphatic heterocycles. The average molecular weight is 281 g/mol. The zero-order valence-corrected chi connectivity index (χ0v) is 12.2. The number of aromatic nitrogens is 2. The quantitative estimate of drug-likeness (QED) is 0.874. The summed E-state index contributed by atoms with van der Waals surface area (Å²) in [6.07, 6.45) is 1.25. The van der Waals surface area contributed by atoms with Gasteiger partial charge in [-0.05, 0) is 26.0 Å². The first-order chi connectivity index (χ1) is 8.85. The SMILES string of the molecule is CC(CS(C)(=O)=O)NC(C)c1nc2ccccc2[nH]1. The Morgan fingerprint density at radius 3 is 2.63 bits per heavy atom. The second-order valence-electron chi connectivity index (χ2n) is 5.02. The van der Waals surface area contributed by atoms with Gasteiger partial charge in [0, 0.05) is 12.3 Å². The third-order valence-corrected chi connectivity index (χ3v) is 4.01. The molecule has 0 spiro atoms. The number of fused-ring (bicyclic) bond motifs is 1. The van der Waals surface area contributed by atoms with Crippen LogP contribution < -0.4 is 5.32 Å². The van der Waals surface area contributed by atoms with Gasteiger partial charge in [-0.15, -0.1) is 0 Å². The minimum absolute atomic E-state index is 0.0239. The Bertz CT molecular complexity index is 630. The van der Waals surface area contributed by atoms with Crippen LogP contribution in [-0.4, -0.2) is 36.4 Å². The molecule has 19 heavy (non-hydrogen) atoms. The van der Waals surface area contributed by atoms with Crippen LogP contribution in [0.4, 0.5) is 0 Å². The molecular weight excluding hydrogens is 262 g/mol. The lowest BCUT2D eigenvalue weighted by atomic mass is 10.2. The van der Waals surface area contributed by atoms with E-state index in [1.807, 2.05) is 38.1 Å². The van der Waals surface area contributed by atoms with Gasteiger partial charge in [0.1, 0.15) is 15.7 Å². The van der Waals surface area contributed by atoms with Crippen LogP contribution in [0.1, 0.15) is 25.7 Å². The number of nitrogens with one attached hydrogen (secondary N) is 2. The highest BCUT2D eigenvalue weighted by Crippen LogP contribution is 2.15. The van der Waals surface area contributed by atoms with E-state index < -0.39 is 9.84 Å². The van der Waals surface area contributed by atoms with Crippen molar-refractivity contribution in [2.24, 2.45) is 0 Å². The third-order valence-electron chi connectivity index (χ3n) is 2.91. The lowest BCUT2D eigenvalue weighted by molar-refractivity contribution is 0.487. The Hall–Kier alpha value is -1.40. The van der Waals surface area contributed by atoms with Crippen molar-refractivity contribution >= 4 is 20.9 Å². The molecule has 2 atom stereocenters. The van der Waals surface area contributed by atoms with Crippen LogP contribution >= 0.6 is 0 Å². The average Bonchev–Trinajstić information content (AvgIpc) is 2.69. The molecule has 0 fully saturated rings. The first-order valence-corrected chi connectivity index (χ1v) is 8.29. The molecule has 0 aliphatic rings. The number of H-pyrrole nitrogens is 1. The summed E-state index contributed by atoms with van der Waals surface area (Å²) >= 11 is 0. The number of hydrogen-bond donors (Lipinski definition) is 2. The Kier molecular flexibility index (Phi) is 3.91. The van der Waals surface area contributed by atoms with Crippen molar-refractivity contribution in [3.8, 4) is 0 Å². The second-order valence-corrected chi connectivity index (χ2v) is 7.21. The van der Waals surface area contributed by atoms with Crippen LogP contribution in [0.15, 0.2) is 24.3 Å². The lowest BCUT2D eigenvalue weighted by Gasteiger charge is -2.17. The van der Waals surface area contributed by atoms with Gasteiger partial charge in [-0.1, -0.05) is 12.1 Å². The minimum Gasteiger partial charge on any atom is -0.341 e. The largest absolute Gasteiger partial charge is 0.341 e. The molecule has 104 valence electrons. The number of benzene rings is 1. The molecule has 0 bridgehead atoms. The van der Waals surface area contributed by atoms with Crippen LogP contribution in [0.3, 0.4) is 0 Å². The molecule has 0 amide bonds. The highest BCUT2D eigenvalue weighted by molar-refractivity contribution is 7.90. The zero-order chi connectivity index (χ0) is 14.0. The topological polar surface area (TPSA) is 74.8 Å². The number of sulfone groups is 1. The number of aromatic amines is 1. The molecule has 0 saturated heterocycles. The Balaban J connectivity index is 2.09. The molecular formula is C13H19N3O2S. The van der Waals surface area contributed by atoms with Gasteiger partial charge in [0.25, 0.3) is 0 Å². The molecule has 1 heterocycles. The fourth-order valence-corrected chi connectivity index (χ4v) is 3.19. The summed E-state index contributed by atoms with van der Waals surface area (Å²) in [5.74, 6) is 0.943. The molecule has 6 heteroatoms. The van der Waals surface area contributed by atoms with Gasteiger partial charge in [-0.3, -0.25) is 0 Å². The molecule has 1 aromatic heterocycles. The van der Waals surface area contributed by atoms with Gasteiger partial charge < -0.3 is 10.3 Å². The molecule has 5 nitrogen and oxygen atoms in total. The van der Waals surface area contributed by atoms with Gasteiger partial charge in [0.2, 0.25) is 0 Å². The Morgan fingerprint density at radius 1 is 1.32 bits per heavy atom. The van der Waals surface area contributed by atoms with E-state index in [0.29, 0.717) is 0 Å². The zero-order valence-electron chi connectivity index (χ0n) is 11.3. The maximum absolute atomic E-state index is 11.2. The van der Waals surface area contributed by atoms with Crippen molar-refractivity contribution in [3.63, 3.8) is 0 Å². The van der Waals surface area contributed by atoms with E-state index in [0.717, 1.165) is 16.9 Å². The summed E-state index contributed by atoms with van der Waals surface area (Å²) in [5.41, 5.74) is 1.91. The first kappa shape index (κ1) is 14.0. The summed E-state index contributed by atoms with van der Waals surface area (Å²) in [6.45, 7) is 3.83. The maximum Gasteiger partial charge on any atom is 0.148 e. The van der Waals surface area contributed by atoms with Crippen LogP contribution in [0.2, 0.25) is 0 Å². The summed E-state index contributed by atoms with van der Waals surface area (Å²) < 4.78 is 22.5. The van der Waals surface area contributed by atoms with E-state index in [1.54, 1.807) is 0 Å². The number of rotatable bonds is 5. The highest BCUT2D eigenvalue weighted by Gasteiger charge is 2.16. The standard InChI is InChI=1S/C13H19N3O2S/c1-9(8-19(3,17)18)14-10(2)13-15-11-6-4-5-7-12(11)16-13/h4-7,9-10,14H,8H2,1-3H3,(H,15,16). The Morgan fingerprint density at radius 2 is 2.00 bits per heavy atom. The number of hydrogen-bond acceptors (Lipinski definition) is 4. The molecule has 2 aromatic rings. The van der Waals surface area contributed by atoms with Crippen LogP contribution in [-0.2, 0) is 9.84 Å². The number of imidazole rings is 1. The van der Waals surface area contributed by atoms with Gasteiger partial charge in [0.05, 0.1) is 22.8 Å². The van der Waals surface area contributed by atoms with Crippen molar-refractivity contribution in [3.05, 3.63) is 30.1 Å². The predicted octanol–water partition coefficient (Wildman–Crippen LogP) is 1.65. The molecule has 0 radical (unpaired) electrons. The summed E-state index contributed by atoms with van der Waals surface area (Å²) in [6, 6.07) is 7.68. The van der Waals surface area contributed by atoms with E-state index in [4.69, 9.17) is 0 Å². The molecule has 2 rings (SSSR count). The normalized spacial score (nSPS) is 15.5. The van der Waals surface area contributed by atoms with Gasteiger partial charge in [-0.25, -0.2) is 13.4 Å². The Labute approximate surface area is 113 Å². The highest BCUT2D eigenvalue weighted by atomic mass is 32.2. The van der Waals surface area contributed by atoms with E-state index in [-0.39, 0.29) is 17.8 Å². The van der Waals surface area contributed by atoms with Crippen molar-refractivity contribution < 1.29 is 8.42 Å². The van der Waals surface area contributed by atoms with E-state index in [2.05, 4.69) is 15.3 Å². The molecule has 2 N–H and O–H groups in total. The van der Waals surface area contributed by atoms with Crippen LogP contribution in [0.25, 0.3) is 11.0 Å². The summed E-state index contributed by atoms with van der Waals surface area (Å²) in [4.78, 5) is 7.74. The molecule has 0 aliphatic carbocycles. The van der Waals surface area contributed by atoms with Crippen LogP contribution in [0.5, 0.6) is 0 Å². The predicted molar refractivity (Wildman–Crippen MR) is 76.8 cm³/mol. The van der Waals surface area contributed by atoms with E-state index in [9.17, 15) is 8.42 Å². The fourth-order valence-electron chi connectivity index (χ4n) is 2.19. The second kappa shape index (κ2) is 5.30. The fraction of sp³-hybridized carbons (Fsp3) is 0.462. The summed E-state index contributed by atoms with van der Waals surface area (Å²) in [7, 11) is -2.97. The van der Waals surface area contributed by atoms with Gasteiger partial charge in [0.15, 0.2) is 0 Å². The van der Waals surface area contributed by atoms with Crippen molar-refractivity contribution in [1.29, 1.82) is 0 Å². The summed E-state index contributed by atoms with van der Waals surface area (Å²) in [5, 5.41) is 3.24. The minimum atomic E-state index is -2.97. The lowest BCUT2D eigenvalue weighted by Crippen LogP contribution is -2.35. The van der Waals surface area contributed by atoms with Crippen molar-refractivity contribution in [2.45, 2.75) is 25.9 Å². The van der Waals surface area contributed by atoms with E-state index >= 15 is 0 Å². The maximum atomic E-state index is 11.2. The monoisotopic (exact) mass is 281 g/mol. The van der Waals surface area contributed by atoms with Gasteiger partial charge >= 0.3 is 0 Å². The van der Waals surface area contributed by atoms with E-state index in [1.165, 1.54) is 6.26 Å². The number of para-hydroxylation sites is 2. The molecule has 1 aromatic carbocycles. The molecule has 0 saturated carbocycles. The van der Waals surface area contributed by atoms with Gasteiger partial charge in [-0.2, -0.15) is 0 Å². The smallest absolute Gasteiger partial charge is 0.148 e. The van der Waals surface area contributed by atoms with Crippen molar-refractivity contribution in [1.82, 2.24) is 15.3 Å². The third kappa shape index (κ3) is 3.78. The number of nitrogens with zero attached hydrogens (tertiary/aromatic N) is 1. The van der Waals surface area contributed by atoms with Crippen LogP contribution in [0, 0.1) is 0 Å².